The van der Waals surface area contributed by atoms with Crippen LogP contribution in [0, 0.1) is 6.92 Å². The van der Waals surface area contributed by atoms with E-state index in [1.54, 1.807) is 13.2 Å². The highest BCUT2D eigenvalue weighted by molar-refractivity contribution is 9.10. The van der Waals surface area contributed by atoms with Crippen LogP contribution in [0.2, 0.25) is 0 Å². The zero-order chi connectivity index (χ0) is 18.9. The predicted octanol–water partition coefficient (Wildman–Crippen LogP) is 3.64. The van der Waals surface area contributed by atoms with Gasteiger partial charge in [0.15, 0.2) is 0 Å². The number of hydrogen-bond donors (Lipinski definition) is 2. The lowest BCUT2D eigenvalue weighted by molar-refractivity contribution is -0.124. The van der Waals surface area contributed by atoms with Gasteiger partial charge < -0.3 is 10.1 Å². The number of methoxy groups -OCH3 is 1. The Kier molecular flexibility index (Phi) is 7.35. The van der Waals surface area contributed by atoms with Crippen molar-refractivity contribution >= 4 is 39.6 Å². The third-order valence-electron chi connectivity index (χ3n) is 3.58. The van der Waals surface area contributed by atoms with Gasteiger partial charge in [-0.25, -0.2) is 5.43 Å². The van der Waals surface area contributed by atoms with E-state index in [2.05, 4.69) is 31.8 Å². The summed E-state index contributed by atoms with van der Waals surface area (Å²) in [5.41, 5.74) is 4.94. The van der Waals surface area contributed by atoms with Crippen LogP contribution in [0.25, 0.3) is 0 Å². The number of benzene rings is 2. The van der Waals surface area contributed by atoms with E-state index in [1.165, 1.54) is 6.21 Å². The predicted molar refractivity (Wildman–Crippen MR) is 105 cm³/mol. The first-order chi connectivity index (χ1) is 12.5. The maximum Gasteiger partial charge on any atom is 0.240 e. The fourth-order valence-electron chi connectivity index (χ4n) is 2.15. The first-order valence-corrected chi connectivity index (χ1v) is 8.80. The molecule has 0 saturated heterocycles. The molecule has 26 heavy (non-hydrogen) atoms. The number of rotatable bonds is 7. The van der Waals surface area contributed by atoms with Crippen LogP contribution in [0.1, 0.15) is 24.0 Å². The average molecular weight is 418 g/mol. The molecule has 0 unspecified atom stereocenters. The molecule has 0 spiro atoms. The summed E-state index contributed by atoms with van der Waals surface area (Å²) < 4.78 is 5.94. The van der Waals surface area contributed by atoms with E-state index in [0.717, 1.165) is 21.3 Å². The summed E-state index contributed by atoms with van der Waals surface area (Å²) in [6.45, 7) is 1.91. The summed E-state index contributed by atoms with van der Waals surface area (Å²) in [5, 5.41) is 6.69. The molecule has 0 heterocycles. The number of anilines is 1. The third-order valence-corrected chi connectivity index (χ3v) is 4.20. The van der Waals surface area contributed by atoms with Gasteiger partial charge in [-0.05, 0) is 58.2 Å². The fourth-order valence-corrected chi connectivity index (χ4v) is 2.71. The molecule has 0 saturated carbocycles. The lowest BCUT2D eigenvalue weighted by atomic mass is 10.2. The quantitative estimate of drug-likeness (QED) is 0.532. The zero-order valence-corrected chi connectivity index (χ0v) is 16.2. The van der Waals surface area contributed by atoms with Crippen molar-refractivity contribution in [3.05, 3.63) is 58.1 Å². The highest BCUT2D eigenvalue weighted by Gasteiger charge is 2.08. The number of para-hydroxylation sites is 1. The Labute approximate surface area is 160 Å². The van der Waals surface area contributed by atoms with E-state index >= 15 is 0 Å². The Hall–Kier alpha value is -2.67. The number of nitrogens with zero attached hydrogens (tertiary/aromatic N) is 1. The van der Waals surface area contributed by atoms with Gasteiger partial charge in [0.05, 0.1) is 17.8 Å². The standard InChI is InChI=1S/C19H20BrN3O3/c1-13-5-3-4-6-16(13)22-18(24)9-10-19(25)23-21-12-14-7-8-17(26-2)15(20)11-14/h3-8,11-12H,9-10H2,1-2H3,(H,22,24)(H,23,25). The molecule has 0 aliphatic rings. The number of amides is 2. The SMILES string of the molecule is COc1ccc(C=NNC(=O)CCC(=O)Nc2ccccc2C)cc1Br. The summed E-state index contributed by atoms with van der Waals surface area (Å²) >= 11 is 3.38. The van der Waals surface area contributed by atoms with E-state index < -0.39 is 0 Å². The normalized spacial score (nSPS) is 10.6. The first-order valence-electron chi connectivity index (χ1n) is 8.00. The van der Waals surface area contributed by atoms with Crippen molar-refractivity contribution in [2.75, 3.05) is 12.4 Å². The van der Waals surface area contributed by atoms with Gasteiger partial charge in [0, 0.05) is 18.5 Å². The third kappa shape index (κ3) is 6.00. The van der Waals surface area contributed by atoms with Crippen molar-refractivity contribution < 1.29 is 14.3 Å². The molecule has 2 aromatic rings. The summed E-state index contributed by atoms with van der Waals surface area (Å²) in [7, 11) is 1.59. The summed E-state index contributed by atoms with van der Waals surface area (Å²) in [4.78, 5) is 23.7. The summed E-state index contributed by atoms with van der Waals surface area (Å²) in [6.07, 6.45) is 1.67. The molecule has 0 radical (unpaired) electrons. The minimum Gasteiger partial charge on any atom is -0.496 e. The van der Waals surface area contributed by atoms with E-state index in [1.807, 2.05) is 43.3 Å². The van der Waals surface area contributed by atoms with Crippen molar-refractivity contribution in [3.63, 3.8) is 0 Å². The Balaban J connectivity index is 1.77. The molecule has 0 aliphatic heterocycles. The highest BCUT2D eigenvalue weighted by Crippen LogP contribution is 2.24. The lowest BCUT2D eigenvalue weighted by Crippen LogP contribution is -2.20. The number of carbonyl (C=O) groups excluding carboxylic acids is 2. The van der Waals surface area contributed by atoms with Crippen LogP contribution in [0.3, 0.4) is 0 Å². The molecule has 0 atom stereocenters. The van der Waals surface area contributed by atoms with Gasteiger partial charge in [-0.3, -0.25) is 9.59 Å². The molecule has 0 bridgehead atoms. The van der Waals surface area contributed by atoms with Crippen LogP contribution in [-0.2, 0) is 9.59 Å². The van der Waals surface area contributed by atoms with Gasteiger partial charge >= 0.3 is 0 Å². The molecule has 2 rings (SSSR count). The van der Waals surface area contributed by atoms with E-state index in [9.17, 15) is 9.59 Å². The minimum absolute atomic E-state index is 0.0569. The summed E-state index contributed by atoms with van der Waals surface area (Å²) in [5.74, 6) is 0.178. The minimum atomic E-state index is -0.325. The smallest absolute Gasteiger partial charge is 0.240 e. The number of carbonyl (C=O) groups is 2. The summed E-state index contributed by atoms with van der Waals surface area (Å²) in [6, 6.07) is 12.9. The van der Waals surface area contributed by atoms with E-state index in [0.29, 0.717) is 5.75 Å². The van der Waals surface area contributed by atoms with Crippen LogP contribution in [-0.4, -0.2) is 25.1 Å². The van der Waals surface area contributed by atoms with Crippen molar-refractivity contribution in [1.82, 2.24) is 5.43 Å². The van der Waals surface area contributed by atoms with Crippen molar-refractivity contribution in [2.24, 2.45) is 5.10 Å². The molecule has 0 fully saturated rings. The molecular weight excluding hydrogens is 398 g/mol. The Morgan fingerprint density at radius 2 is 1.88 bits per heavy atom. The highest BCUT2D eigenvalue weighted by atomic mass is 79.9. The molecule has 0 aliphatic carbocycles. The Bertz CT molecular complexity index is 821. The molecule has 0 aromatic heterocycles. The van der Waals surface area contributed by atoms with Gasteiger partial charge in [0.2, 0.25) is 11.8 Å². The van der Waals surface area contributed by atoms with Gasteiger partial charge in [-0.15, -0.1) is 0 Å². The largest absolute Gasteiger partial charge is 0.496 e. The topological polar surface area (TPSA) is 79.8 Å². The number of nitrogens with one attached hydrogen (secondary N) is 2. The van der Waals surface area contributed by atoms with Gasteiger partial charge in [-0.2, -0.15) is 5.10 Å². The number of ether oxygens (including phenoxy) is 1. The zero-order valence-electron chi connectivity index (χ0n) is 14.6. The fraction of sp³-hybridized carbons (Fsp3) is 0.211. The Morgan fingerprint density at radius 3 is 2.58 bits per heavy atom. The molecule has 2 aromatic carbocycles. The monoisotopic (exact) mass is 417 g/mol. The number of hydrazone groups is 1. The number of aryl methyl sites for hydroxylation is 1. The van der Waals surface area contributed by atoms with Crippen molar-refractivity contribution in [1.29, 1.82) is 0 Å². The van der Waals surface area contributed by atoms with Crippen LogP contribution >= 0.6 is 15.9 Å². The van der Waals surface area contributed by atoms with Gasteiger partial charge in [-0.1, -0.05) is 18.2 Å². The second kappa shape index (κ2) is 9.72. The van der Waals surface area contributed by atoms with Crippen LogP contribution in [0.5, 0.6) is 5.75 Å². The lowest BCUT2D eigenvalue weighted by Gasteiger charge is -2.07. The first kappa shape index (κ1) is 19.7. The second-order valence-electron chi connectivity index (χ2n) is 5.55. The van der Waals surface area contributed by atoms with Crippen LogP contribution in [0.4, 0.5) is 5.69 Å². The molecular formula is C19H20BrN3O3. The van der Waals surface area contributed by atoms with Crippen molar-refractivity contribution in [2.45, 2.75) is 19.8 Å². The second-order valence-corrected chi connectivity index (χ2v) is 6.40. The van der Waals surface area contributed by atoms with E-state index in [-0.39, 0.29) is 24.7 Å². The van der Waals surface area contributed by atoms with E-state index in [4.69, 9.17) is 4.74 Å². The number of halogens is 1. The molecule has 136 valence electrons. The maximum absolute atomic E-state index is 11.9. The van der Waals surface area contributed by atoms with Crippen LogP contribution in [0.15, 0.2) is 52.0 Å². The van der Waals surface area contributed by atoms with Gasteiger partial charge in [0.1, 0.15) is 5.75 Å². The average Bonchev–Trinajstić information content (AvgIpc) is 2.62. The molecule has 2 N–H and O–H groups in total. The molecule has 2 amide bonds. The van der Waals surface area contributed by atoms with Crippen molar-refractivity contribution in [3.8, 4) is 5.75 Å². The van der Waals surface area contributed by atoms with Gasteiger partial charge in [0.25, 0.3) is 0 Å². The Morgan fingerprint density at radius 1 is 1.15 bits per heavy atom. The molecule has 6 nitrogen and oxygen atoms in total. The number of hydrogen-bond acceptors (Lipinski definition) is 4. The maximum atomic E-state index is 11.9. The van der Waals surface area contributed by atoms with Crippen LogP contribution < -0.4 is 15.5 Å². The molecule has 7 heteroatoms.